The fraction of sp³-hybridized carbons (Fsp3) is 0.222. The van der Waals surface area contributed by atoms with E-state index in [1.807, 2.05) is 50.2 Å². The van der Waals surface area contributed by atoms with E-state index in [0.717, 1.165) is 28.0 Å². The molecule has 0 spiro atoms. The van der Waals surface area contributed by atoms with Crippen molar-refractivity contribution in [3.63, 3.8) is 0 Å². The number of hydrogen-bond donors (Lipinski definition) is 2. The van der Waals surface area contributed by atoms with Gasteiger partial charge in [0.25, 0.3) is 0 Å². The Bertz CT molecular complexity index is 989. The average molecular weight is 352 g/mol. The van der Waals surface area contributed by atoms with Gasteiger partial charge in [0.15, 0.2) is 0 Å². The molecule has 3 aromatic rings. The van der Waals surface area contributed by atoms with Gasteiger partial charge in [-0.1, -0.05) is 12.1 Å². The number of ether oxygens (including phenoxy) is 1. The Balaban J connectivity index is 1.86. The third kappa shape index (κ3) is 3.64. The molecule has 2 aromatic carbocycles. The molecule has 1 heterocycles. The second-order valence-electron chi connectivity index (χ2n) is 5.79. The fourth-order valence-corrected chi connectivity index (χ4v) is 2.63. The summed E-state index contributed by atoms with van der Waals surface area (Å²) in [6, 6.07) is 11.5. The van der Waals surface area contributed by atoms with E-state index in [0.29, 0.717) is 12.3 Å². The first-order valence-corrected chi connectivity index (χ1v) is 8.12. The van der Waals surface area contributed by atoms with Gasteiger partial charge < -0.3 is 10.2 Å². The van der Waals surface area contributed by atoms with Crippen molar-refractivity contribution in [2.45, 2.75) is 20.5 Å². The van der Waals surface area contributed by atoms with Gasteiger partial charge >= 0.3 is 5.69 Å². The summed E-state index contributed by atoms with van der Waals surface area (Å²) in [5.41, 5.74) is 6.85. The van der Waals surface area contributed by atoms with Gasteiger partial charge in [-0.2, -0.15) is 9.78 Å². The number of rotatable bonds is 6. The number of nitrogens with zero attached hydrogens (tertiary/aromatic N) is 4. The van der Waals surface area contributed by atoms with Crippen LogP contribution in [0.1, 0.15) is 22.3 Å². The summed E-state index contributed by atoms with van der Waals surface area (Å²) in [6.07, 6.45) is 1.74. The lowest BCUT2D eigenvalue weighted by Crippen LogP contribution is -2.18. The minimum atomic E-state index is -0.388. The van der Waals surface area contributed by atoms with Gasteiger partial charge in [0.05, 0.1) is 11.9 Å². The Hall–Kier alpha value is -3.42. The molecule has 2 N–H and O–H groups in total. The highest BCUT2D eigenvalue weighted by atomic mass is 16.5. The molecule has 26 heavy (non-hydrogen) atoms. The van der Waals surface area contributed by atoms with Gasteiger partial charge in [0.2, 0.25) is 0 Å². The Labute approximate surface area is 150 Å². The van der Waals surface area contributed by atoms with Crippen molar-refractivity contribution < 1.29 is 4.74 Å². The molecule has 0 aliphatic rings. The second-order valence-corrected chi connectivity index (χ2v) is 5.79. The summed E-state index contributed by atoms with van der Waals surface area (Å²) in [6.45, 7) is 4.26. The summed E-state index contributed by atoms with van der Waals surface area (Å²) in [5.74, 6) is 0.772. The van der Waals surface area contributed by atoms with Crippen LogP contribution >= 0.6 is 0 Å². The molecule has 0 aliphatic heterocycles. The first-order valence-electron chi connectivity index (χ1n) is 8.12. The van der Waals surface area contributed by atoms with E-state index in [1.54, 1.807) is 13.3 Å². The van der Waals surface area contributed by atoms with E-state index in [-0.39, 0.29) is 5.69 Å². The first kappa shape index (κ1) is 17.4. The normalized spacial score (nSPS) is 11.0. The van der Waals surface area contributed by atoms with E-state index in [2.05, 4.69) is 26.1 Å². The van der Waals surface area contributed by atoms with Crippen molar-refractivity contribution in [1.82, 2.24) is 25.6 Å². The number of aryl methyl sites for hydroxylation is 2. The minimum absolute atomic E-state index is 0.312. The van der Waals surface area contributed by atoms with E-state index in [1.165, 1.54) is 4.68 Å². The predicted molar refractivity (Wildman–Crippen MR) is 98.9 cm³/mol. The number of nitrogens with one attached hydrogen (secondary N) is 2. The van der Waals surface area contributed by atoms with E-state index < -0.39 is 0 Å². The minimum Gasteiger partial charge on any atom is -0.489 e. The molecule has 0 bridgehead atoms. The second kappa shape index (κ2) is 7.64. The lowest BCUT2D eigenvalue weighted by atomic mass is 10.1. The summed E-state index contributed by atoms with van der Waals surface area (Å²) in [7, 11) is 1.75. The van der Waals surface area contributed by atoms with Crippen molar-refractivity contribution in [3.05, 3.63) is 69.1 Å². The van der Waals surface area contributed by atoms with Crippen LogP contribution in [0.25, 0.3) is 5.69 Å². The van der Waals surface area contributed by atoms with Crippen LogP contribution in [-0.4, -0.2) is 33.5 Å². The average Bonchev–Trinajstić information content (AvgIpc) is 3.05. The first-order chi connectivity index (χ1) is 12.6. The summed E-state index contributed by atoms with van der Waals surface area (Å²) in [4.78, 5) is 11.9. The highest BCUT2D eigenvalue weighted by Crippen LogP contribution is 2.23. The Morgan fingerprint density at radius 3 is 2.81 bits per heavy atom. The van der Waals surface area contributed by atoms with Crippen molar-refractivity contribution in [3.8, 4) is 11.4 Å². The molecule has 0 fully saturated rings. The Morgan fingerprint density at radius 2 is 2.12 bits per heavy atom. The zero-order chi connectivity index (χ0) is 18.5. The Morgan fingerprint density at radius 1 is 1.27 bits per heavy atom. The number of hydrogen-bond acceptors (Lipinski definition) is 6. The van der Waals surface area contributed by atoms with Crippen LogP contribution in [-0.2, 0) is 6.61 Å². The molecular weight excluding hydrogens is 332 g/mol. The zero-order valence-electron chi connectivity index (χ0n) is 14.9. The number of benzene rings is 2. The third-order valence-corrected chi connectivity index (χ3v) is 4.00. The zero-order valence-corrected chi connectivity index (χ0v) is 14.9. The third-order valence-electron chi connectivity index (χ3n) is 4.00. The SMILES string of the molecule is CN/N=C/c1ccc(OCc2c(C)cccc2-n2nn[nH]c2=O)c(C)c1. The lowest BCUT2D eigenvalue weighted by molar-refractivity contribution is 0.302. The maximum Gasteiger partial charge on any atom is 0.365 e. The maximum absolute atomic E-state index is 11.9. The van der Waals surface area contributed by atoms with Gasteiger partial charge in [-0.3, -0.25) is 0 Å². The van der Waals surface area contributed by atoms with E-state index in [4.69, 9.17) is 4.74 Å². The largest absolute Gasteiger partial charge is 0.489 e. The van der Waals surface area contributed by atoms with Gasteiger partial charge in [-0.15, -0.1) is 0 Å². The van der Waals surface area contributed by atoms with Crippen LogP contribution in [0.5, 0.6) is 5.75 Å². The number of tetrazole rings is 1. The van der Waals surface area contributed by atoms with E-state index >= 15 is 0 Å². The molecule has 8 heteroatoms. The molecule has 0 saturated carbocycles. The van der Waals surface area contributed by atoms with Gasteiger partial charge in [0, 0.05) is 12.6 Å². The molecule has 0 radical (unpaired) electrons. The van der Waals surface area contributed by atoms with Crippen LogP contribution in [0.15, 0.2) is 46.3 Å². The molecule has 0 aliphatic carbocycles. The highest BCUT2D eigenvalue weighted by Gasteiger charge is 2.12. The van der Waals surface area contributed by atoms with Crippen LogP contribution < -0.4 is 15.9 Å². The quantitative estimate of drug-likeness (QED) is 0.520. The molecule has 0 atom stereocenters. The molecule has 134 valence electrons. The smallest absolute Gasteiger partial charge is 0.365 e. The van der Waals surface area contributed by atoms with Crippen LogP contribution in [0.4, 0.5) is 0 Å². The summed E-state index contributed by atoms with van der Waals surface area (Å²) < 4.78 is 7.24. The summed E-state index contributed by atoms with van der Waals surface area (Å²) in [5, 5.41) is 13.7. The molecule has 3 rings (SSSR count). The fourth-order valence-electron chi connectivity index (χ4n) is 2.63. The standard InChI is InChI=1S/C18H20N6O2/c1-12-5-4-6-16(24-18(25)21-22-23-24)15(12)11-26-17-8-7-14(9-13(17)2)10-20-19-3/h4-10,19H,11H2,1-3H3,(H,21,23,25)/b20-10+. The number of H-pyrrole nitrogens is 1. The molecule has 0 saturated heterocycles. The molecular formula is C18H20N6O2. The topological polar surface area (TPSA) is 97.2 Å². The van der Waals surface area contributed by atoms with Crippen LogP contribution in [0.3, 0.4) is 0 Å². The highest BCUT2D eigenvalue weighted by molar-refractivity contribution is 5.80. The van der Waals surface area contributed by atoms with Crippen molar-refractivity contribution in [2.75, 3.05) is 7.05 Å². The maximum atomic E-state index is 11.9. The van der Waals surface area contributed by atoms with Gasteiger partial charge in [-0.05, 0) is 65.2 Å². The van der Waals surface area contributed by atoms with Gasteiger partial charge in [-0.25, -0.2) is 9.89 Å². The van der Waals surface area contributed by atoms with E-state index in [9.17, 15) is 4.79 Å². The predicted octanol–water partition coefficient (Wildman–Crippen LogP) is 1.70. The number of aromatic amines is 1. The molecule has 0 amide bonds. The summed E-state index contributed by atoms with van der Waals surface area (Å²) >= 11 is 0. The lowest BCUT2D eigenvalue weighted by Gasteiger charge is -2.14. The number of hydrazone groups is 1. The molecule has 1 aromatic heterocycles. The van der Waals surface area contributed by atoms with Gasteiger partial charge in [0.1, 0.15) is 12.4 Å². The van der Waals surface area contributed by atoms with Crippen molar-refractivity contribution >= 4 is 6.21 Å². The number of aromatic nitrogens is 4. The monoisotopic (exact) mass is 352 g/mol. The van der Waals surface area contributed by atoms with Crippen LogP contribution in [0.2, 0.25) is 0 Å². The van der Waals surface area contributed by atoms with Crippen molar-refractivity contribution in [1.29, 1.82) is 0 Å². The van der Waals surface area contributed by atoms with Crippen molar-refractivity contribution in [2.24, 2.45) is 5.10 Å². The Kier molecular flexibility index (Phi) is 5.12. The molecule has 8 nitrogen and oxygen atoms in total. The van der Waals surface area contributed by atoms with Crippen LogP contribution in [0, 0.1) is 13.8 Å². The molecule has 0 unspecified atom stereocenters.